The van der Waals surface area contributed by atoms with E-state index in [0.717, 1.165) is 22.4 Å². The Morgan fingerprint density at radius 1 is 0.400 bits per heavy atom. The van der Waals surface area contributed by atoms with E-state index >= 15 is 0 Å². The van der Waals surface area contributed by atoms with Crippen molar-refractivity contribution in [2.24, 2.45) is 0 Å². The van der Waals surface area contributed by atoms with E-state index in [4.69, 9.17) is 0 Å². The lowest BCUT2D eigenvalue weighted by Crippen LogP contribution is -2.14. The Kier molecular flexibility index (Phi) is 6.66. The van der Waals surface area contributed by atoms with Crippen LogP contribution in [-0.2, 0) is 5.41 Å². The van der Waals surface area contributed by atoms with Crippen LogP contribution in [0.5, 0.6) is 0 Å². The summed E-state index contributed by atoms with van der Waals surface area (Å²) >= 11 is 0. The fourth-order valence-corrected chi connectivity index (χ4v) is 9.25. The predicted molar refractivity (Wildman–Crippen MR) is 228 cm³/mol. The summed E-state index contributed by atoms with van der Waals surface area (Å²) in [5, 5.41) is 14.3. The highest BCUT2D eigenvalue weighted by molar-refractivity contribution is 6.12. The van der Waals surface area contributed by atoms with Gasteiger partial charge < -0.3 is 9.13 Å². The molecular weight excluding hydrogens is 667 g/mol. The van der Waals surface area contributed by atoms with Crippen LogP contribution in [-0.4, -0.2) is 9.13 Å². The zero-order valence-electron chi connectivity index (χ0n) is 30.6. The number of benzene rings is 8. The maximum atomic E-state index is 9.38. The molecule has 0 bridgehead atoms. The molecule has 0 amide bonds. The maximum Gasteiger partial charge on any atom is 0.0991 e. The van der Waals surface area contributed by atoms with Crippen molar-refractivity contribution in [3.05, 3.63) is 193 Å². The second-order valence-electron chi connectivity index (χ2n) is 15.3. The molecule has 3 nitrogen and oxygen atoms in total. The number of hydrogen-bond donors (Lipinski definition) is 0. The summed E-state index contributed by atoms with van der Waals surface area (Å²) in [5.74, 6) is 0. The van der Waals surface area contributed by atoms with Gasteiger partial charge in [-0.3, -0.25) is 0 Å². The van der Waals surface area contributed by atoms with Crippen LogP contribution in [0.25, 0.3) is 88.4 Å². The number of rotatable bonds is 4. The molecule has 0 spiro atoms. The zero-order chi connectivity index (χ0) is 36.8. The molecule has 0 aliphatic heterocycles. The molecule has 8 aromatic carbocycles. The first-order chi connectivity index (χ1) is 27.0. The molecule has 55 heavy (non-hydrogen) atoms. The largest absolute Gasteiger partial charge is 0.309 e. The van der Waals surface area contributed by atoms with E-state index in [1.54, 1.807) is 0 Å². The van der Waals surface area contributed by atoms with Crippen LogP contribution >= 0.6 is 0 Å². The van der Waals surface area contributed by atoms with Gasteiger partial charge in [-0.1, -0.05) is 111 Å². The molecular formula is C52H35N3. The molecule has 0 fully saturated rings. The number of aromatic nitrogens is 2. The van der Waals surface area contributed by atoms with Crippen molar-refractivity contribution in [2.45, 2.75) is 19.3 Å². The molecule has 2 heterocycles. The number of hydrogen-bond acceptors (Lipinski definition) is 1. The van der Waals surface area contributed by atoms with Crippen LogP contribution in [0.4, 0.5) is 0 Å². The lowest BCUT2D eigenvalue weighted by atomic mass is 9.82. The van der Waals surface area contributed by atoms with Gasteiger partial charge in [0.25, 0.3) is 0 Å². The molecule has 0 N–H and O–H groups in total. The van der Waals surface area contributed by atoms with Gasteiger partial charge in [0.2, 0.25) is 0 Å². The van der Waals surface area contributed by atoms with Crippen molar-refractivity contribution in [2.75, 3.05) is 0 Å². The summed E-state index contributed by atoms with van der Waals surface area (Å²) < 4.78 is 4.69. The fourth-order valence-electron chi connectivity index (χ4n) is 9.25. The number of fused-ring (bicyclic) bond motifs is 9. The SMILES string of the molecule is CC1(C)c2ccccc2-c2cc(-c3ccc(-n4c5ccccc5c5cc(-c6ccc7c(c6)c6ccccc6n7-c6ccc(C#N)cc6)ccc54)cc3)ccc21. The Bertz CT molecular complexity index is 3220. The van der Waals surface area contributed by atoms with E-state index in [1.165, 1.54) is 77.1 Å². The average molecular weight is 702 g/mol. The molecule has 258 valence electrons. The Balaban J connectivity index is 0.995. The van der Waals surface area contributed by atoms with Crippen molar-refractivity contribution >= 4 is 43.6 Å². The van der Waals surface area contributed by atoms with Crippen LogP contribution in [0.15, 0.2) is 176 Å². The van der Waals surface area contributed by atoms with Crippen molar-refractivity contribution in [1.82, 2.24) is 9.13 Å². The Morgan fingerprint density at radius 3 is 1.45 bits per heavy atom. The second kappa shape index (κ2) is 11.7. The van der Waals surface area contributed by atoms with E-state index in [0.29, 0.717) is 5.56 Å². The van der Waals surface area contributed by atoms with Gasteiger partial charge in [-0.05, 0) is 123 Å². The summed E-state index contributed by atoms with van der Waals surface area (Å²) in [6.45, 7) is 4.66. The Morgan fingerprint density at radius 2 is 0.855 bits per heavy atom. The molecule has 10 aromatic rings. The first-order valence-electron chi connectivity index (χ1n) is 18.9. The third-order valence-electron chi connectivity index (χ3n) is 12.0. The van der Waals surface area contributed by atoms with Gasteiger partial charge in [0.1, 0.15) is 0 Å². The minimum Gasteiger partial charge on any atom is -0.309 e. The normalized spacial score (nSPS) is 13.0. The third kappa shape index (κ3) is 4.62. The van der Waals surface area contributed by atoms with Crippen molar-refractivity contribution in [1.29, 1.82) is 5.26 Å². The molecule has 3 heteroatoms. The van der Waals surface area contributed by atoms with Crippen molar-refractivity contribution < 1.29 is 0 Å². The maximum absolute atomic E-state index is 9.38. The van der Waals surface area contributed by atoms with Crippen molar-refractivity contribution in [3.8, 4) is 50.8 Å². The summed E-state index contributed by atoms with van der Waals surface area (Å²) in [6, 6.07) is 66.0. The molecule has 0 atom stereocenters. The van der Waals surface area contributed by atoms with Gasteiger partial charge in [-0.15, -0.1) is 0 Å². The zero-order valence-corrected chi connectivity index (χ0v) is 30.6. The Labute approximate surface area is 319 Å². The molecule has 1 aliphatic carbocycles. The van der Waals surface area contributed by atoms with E-state index in [9.17, 15) is 5.26 Å². The van der Waals surface area contributed by atoms with E-state index < -0.39 is 0 Å². The first kappa shape index (κ1) is 31.4. The first-order valence-corrected chi connectivity index (χ1v) is 18.9. The lowest BCUT2D eigenvalue weighted by molar-refractivity contribution is 0.660. The van der Waals surface area contributed by atoms with Gasteiger partial charge in [0.15, 0.2) is 0 Å². The molecule has 0 radical (unpaired) electrons. The molecule has 0 saturated carbocycles. The molecule has 1 aliphatic rings. The molecule has 2 aromatic heterocycles. The summed E-state index contributed by atoms with van der Waals surface area (Å²) in [5.41, 5.74) is 17.8. The van der Waals surface area contributed by atoms with Crippen molar-refractivity contribution in [3.63, 3.8) is 0 Å². The van der Waals surface area contributed by atoms with Crippen LogP contribution in [0.3, 0.4) is 0 Å². The monoisotopic (exact) mass is 701 g/mol. The van der Waals surface area contributed by atoms with Gasteiger partial charge in [-0.25, -0.2) is 0 Å². The topological polar surface area (TPSA) is 33.6 Å². The van der Waals surface area contributed by atoms with Crippen LogP contribution in [0, 0.1) is 11.3 Å². The van der Waals surface area contributed by atoms with Gasteiger partial charge in [-0.2, -0.15) is 5.26 Å². The summed E-state index contributed by atoms with van der Waals surface area (Å²) in [4.78, 5) is 0. The van der Waals surface area contributed by atoms with Crippen LogP contribution in [0.2, 0.25) is 0 Å². The number of nitrogens with zero attached hydrogens (tertiary/aromatic N) is 3. The van der Waals surface area contributed by atoms with Crippen LogP contribution < -0.4 is 0 Å². The third-order valence-corrected chi connectivity index (χ3v) is 12.0. The highest BCUT2D eigenvalue weighted by Crippen LogP contribution is 2.49. The quantitative estimate of drug-likeness (QED) is 0.180. The summed E-state index contributed by atoms with van der Waals surface area (Å²) in [6.07, 6.45) is 0. The van der Waals surface area contributed by atoms with E-state index in [1.807, 2.05) is 24.3 Å². The molecule has 0 saturated heterocycles. The lowest BCUT2D eigenvalue weighted by Gasteiger charge is -2.21. The standard InChI is InChI=1S/C52H35N3/c1-52(2)46-12-6-3-9-40(46)43-29-35(19-26-47(43)52)34-17-24-39(25-18-34)55-49-14-8-5-11-42(49)45-31-37(21-28-51(45)55)36-20-27-50-44(30-36)41-10-4-7-13-48(41)54(50)38-22-15-33(32-53)16-23-38/h3-31H,1-2H3. The van der Waals surface area contributed by atoms with E-state index in [2.05, 4.69) is 181 Å². The van der Waals surface area contributed by atoms with Gasteiger partial charge in [0, 0.05) is 38.3 Å². The minimum absolute atomic E-state index is 0.00500. The predicted octanol–water partition coefficient (Wildman–Crippen LogP) is 13.4. The highest BCUT2D eigenvalue weighted by atomic mass is 15.0. The van der Waals surface area contributed by atoms with Crippen LogP contribution in [0.1, 0.15) is 30.5 Å². The second-order valence-corrected chi connectivity index (χ2v) is 15.3. The van der Waals surface area contributed by atoms with E-state index in [-0.39, 0.29) is 5.41 Å². The van der Waals surface area contributed by atoms with Gasteiger partial charge in [0.05, 0.1) is 33.7 Å². The van der Waals surface area contributed by atoms with Gasteiger partial charge >= 0.3 is 0 Å². The number of para-hydroxylation sites is 2. The molecule has 0 unspecified atom stereocenters. The number of nitriles is 1. The fraction of sp³-hybridized carbons (Fsp3) is 0.0577. The highest BCUT2D eigenvalue weighted by Gasteiger charge is 2.35. The Hall–Kier alpha value is -7.15. The molecule has 11 rings (SSSR count). The smallest absolute Gasteiger partial charge is 0.0991 e. The average Bonchev–Trinajstić information content (AvgIpc) is 3.83. The summed E-state index contributed by atoms with van der Waals surface area (Å²) in [7, 11) is 0. The minimum atomic E-state index is 0.00500.